The van der Waals surface area contributed by atoms with Gasteiger partial charge in [0, 0.05) is 11.8 Å². The summed E-state index contributed by atoms with van der Waals surface area (Å²) in [5.74, 6) is -0.999. The van der Waals surface area contributed by atoms with Gasteiger partial charge in [0.1, 0.15) is 5.69 Å². The van der Waals surface area contributed by atoms with Crippen molar-refractivity contribution in [2.24, 2.45) is 0 Å². The Balaban J connectivity index is 1.71. The lowest BCUT2D eigenvalue weighted by Gasteiger charge is -2.06. The van der Waals surface area contributed by atoms with Crippen molar-refractivity contribution < 1.29 is 23.6 Å². The van der Waals surface area contributed by atoms with Gasteiger partial charge in [-0.2, -0.15) is 0 Å². The number of carbonyl (C=O) groups is 2. The minimum Gasteiger partial charge on any atom is -0.463 e. The highest BCUT2D eigenvalue weighted by Crippen LogP contribution is 2.19. The summed E-state index contributed by atoms with van der Waals surface area (Å²) < 4.78 is 14.9. The summed E-state index contributed by atoms with van der Waals surface area (Å²) in [4.78, 5) is 22.9. The minimum absolute atomic E-state index is 0.0270. The number of hydrogen-bond donors (Lipinski definition) is 0. The van der Waals surface area contributed by atoms with Gasteiger partial charge < -0.3 is 14.0 Å². The summed E-state index contributed by atoms with van der Waals surface area (Å²) in [6.45, 7) is 0.295. The molecular weight excluding hydrogens is 250 g/mol. The van der Waals surface area contributed by atoms with E-state index < -0.39 is 18.0 Å². The lowest BCUT2D eigenvalue weighted by Crippen LogP contribution is -2.23. The van der Waals surface area contributed by atoms with E-state index in [2.05, 4.69) is 5.16 Å². The maximum absolute atomic E-state index is 11.7. The summed E-state index contributed by atoms with van der Waals surface area (Å²) in [6, 6.07) is 7.25. The molecule has 19 heavy (non-hydrogen) atoms. The SMILES string of the molecule is O=C(Cc1noc2ccccc12)O[C@@H]1CCOC1=O. The first-order valence-corrected chi connectivity index (χ1v) is 5.93. The van der Waals surface area contributed by atoms with Crippen molar-refractivity contribution in [3.8, 4) is 0 Å². The third kappa shape index (κ3) is 2.29. The molecule has 1 aromatic carbocycles. The van der Waals surface area contributed by atoms with Crippen LogP contribution in [0.2, 0.25) is 0 Å². The van der Waals surface area contributed by atoms with Gasteiger partial charge in [-0.25, -0.2) is 4.79 Å². The zero-order valence-corrected chi connectivity index (χ0v) is 10.00. The summed E-state index contributed by atoms with van der Waals surface area (Å²) >= 11 is 0. The lowest BCUT2D eigenvalue weighted by molar-refractivity contribution is -0.159. The van der Waals surface area contributed by atoms with Crippen molar-refractivity contribution in [1.29, 1.82) is 0 Å². The van der Waals surface area contributed by atoms with Crippen molar-refractivity contribution in [3.05, 3.63) is 30.0 Å². The fourth-order valence-electron chi connectivity index (χ4n) is 1.99. The van der Waals surface area contributed by atoms with Crippen LogP contribution in [-0.4, -0.2) is 29.8 Å². The highest BCUT2D eigenvalue weighted by molar-refractivity contribution is 5.85. The number of nitrogens with zero attached hydrogens (tertiary/aromatic N) is 1. The van der Waals surface area contributed by atoms with Crippen LogP contribution < -0.4 is 0 Å². The molecule has 0 unspecified atom stereocenters. The third-order valence-corrected chi connectivity index (χ3v) is 2.92. The first-order valence-electron chi connectivity index (χ1n) is 5.93. The van der Waals surface area contributed by atoms with Crippen LogP contribution in [0, 0.1) is 0 Å². The van der Waals surface area contributed by atoms with Crippen LogP contribution >= 0.6 is 0 Å². The third-order valence-electron chi connectivity index (χ3n) is 2.92. The number of ether oxygens (including phenoxy) is 2. The van der Waals surface area contributed by atoms with E-state index in [-0.39, 0.29) is 6.42 Å². The number of fused-ring (bicyclic) bond motifs is 1. The van der Waals surface area contributed by atoms with Gasteiger partial charge in [-0.3, -0.25) is 4.79 Å². The molecular formula is C13H11NO5. The number of hydrogen-bond acceptors (Lipinski definition) is 6. The van der Waals surface area contributed by atoms with Crippen LogP contribution in [0.25, 0.3) is 11.0 Å². The van der Waals surface area contributed by atoms with Gasteiger partial charge in [0.2, 0.25) is 6.10 Å². The zero-order valence-electron chi connectivity index (χ0n) is 10.00. The number of esters is 2. The van der Waals surface area contributed by atoms with E-state index in [1.54, 1.807) is 6.07 Å². The van der Waals surface area contributed by atoms with Gasteiger partial charge in [0.15, 0.2) is 5.58 Å². The predicted octanol–water partition coefficient (Wildman–Crippen LogP) is 1.23. The Morgan fingerprint density at radius 1 is 1.42 bits per heavy atom. The van der Waals surface area contributed by atoms with E-state index in [9.17, 15) is 9.59 Å². The minimum atomic E-state index is -0.786. The Morgan fingerprint density at radius 2 is 2.26 bits per heavy atom. The molecule has 1 atom stereocenters. The number of para-hydroxylation sites is 1. The molecule has 0 spiro atoms. The summed E-state index contributed by atoms with van der Waals surface area (Å²) in [6.07, 6.45) is -0.407. The van der Waals surface area contributed by atoms with Crippen molar-refractivity contribution in [3.63, 3.8) is 0 Å². The quantitative estimate of drug-likeness (QED) is 0.773. The van der Waals surface area contributed by atoms with Crippen molar-refractivity contribution >= 4 is 22.9 Å². The summed E-state index contributed by atoms with van der Waals surface area (Å²) in [5, 5.41) is 4.61. The maximum Gasteiger partial charge on any atom is 0.347 e. The number of cyclic esters (lactones) is 1. The molecule has 2 aromatic rings. The van der Waals surface area contributed by atoms with E-state index in [0.717, 1.165) is 5.39 Å². The van der Waals surface area contributed by atoms with E-state index in [0.29, 0.717) is 24.3 Å². The molecule has 6 nitrogen and oxygen atoms in total. The van der Waals surface area contributed by atoms with Crippen LogP contribution in [0.4, 0.5) is 0 Å². The normalized spacial score (nSPS) is 18.5. The van der Waals surface area contributed by atoms with Gasteiger partial charge in [-0.15, -0.1) is 0 Å². The zero-order chi connectivity index (χ0) is 13.2. The molecule has 98 valence electrons. The van der Waals surface area contributed by atoms with E-state index >= 15 is 0 Å². The molecule has 3 rings (SSSR count). The standard InChI is InChI=1S/C13H11NO5/c15-12(18-11-5-6-17-13(11)16)7-9-8-3-1-2-4-10(8)19-14-9/h1-4,11H,5-7H2/t11-/m1/s1. The fraction of sp³-hybridized carbons (Fsp3) is 0.308. The molecule has 0 amide bonds. The molecule has 2 heterocycles. The molecule has 0 bridgehead atoms. The predicted molar refractivity (Wildman–Crippen MR) is 63.2 cm³/mol. The number of rotatable bonds is 3. The number of aromatic nitrogens is 1. The molecule has 0 saturated carbocycles. The summed E-state index contributed by atoms with van der Waals surface area (Å²) in [5.41, 5.74) is 1.12. The monoisotopic (exact) mass is 261 g/mol. The lowest BCUT2D eigenvalue weighted by atomic mass is 10.2. The van der Waals surface area contributed by atoms with Gasteiger partial charge in [-0.05, 0) is 12.1 Å². The van der Waals surface area contributed by atoms with E-state index in [1.165, 1.54) is 0 Å². The molecule has 0 N–H and O–H groups in total. The highest BCUT2D eigenvalue weighted by atomic mass is 16.6. The van der Waals surface area contributed by atoms with Gasteiger partial charge >= 0.3 is 11.9 Å². The first kappa shape index (κ1) is 11.7. The second-order valence-electron chi connectivity index (χ2n) is 4.24. The second-order valence-corrected chi connectivity index (χ2v) is 4.24. The maximum atomic E-state index is 11.7. The molecule has 1 saturated heterocycles. The summed E-state index contributed by atoms with van der Waals surface area (Å²) in [7, 11) is 0. The van der Waals surface area contributed by atoms with Crippen LogP contribution in [0.5, 0.6) is 0 Å². The van der Waals surface area contributed by atoms with Crippen LogP contribution in [0.15, 0.2) is 28.8 Å². The molecule has 1 fully saturated rings. The average Bonchev–Trinajstić information content (AvgIpc) is 2.98. The Hall–Kier alpha value is -2.37. The molecule has 1 aliphatic rings. The van der Waals surface area contributed by atoms with Gasteiger partial charge in [0.25, 0.3) is 0 Å². The largest absolute Gasteiger partial charge is 0.463 e. The van der Waals surface area contributed by atoms with E-state index in [4.69, 9.17) is 14.0 Å². The Kier molecular flexibility index (Phi) is 2.91. The Labute approximate surface area is 108 Å². The first-order chi connectivity index (χ1) is 9.24. The molecule has 1 aliphatic heterocycles. The van der Waals surface area contributed by atoms with Crippen molar-refractivity contribution in [1.82, 2.24) is 5.16 Å². The van der Waals surface area contributed by atoms with Crippen LogP contribution in [0.3, 0.4) is 0 Å². The van der Waals surface area contributed by atoms with E-state index in [1.807, 2.05) is 18.2 Å². The van der Waals surface area contributed by atoms with Crippen LogP contribution in [-0.2, 0) is 25.5 Å². The molecule has 0 aliphatic carbocycles. The smallest absolute Gasteiger partial charge is 0.347 e. The topological polar surface area (TPSA) is 78.6 Å². The van der Waals surface area contributed by atoms with Gasteiger partial charge in [-0.1, -0.05) is 17.3 Å². The fourth-order valence-corrected chi connectivity index (χ4v) is 1.99. The number of carbonyl (C=O) groups excluding carboxylic acids is 2. The van der Waals surface area contributed by atoms with Crippen LogP contribution in [0.1, 0.15) is 12.1 Å². The second kappa shape index (κ2) is 4.72. The van der Waals surface area contributed by atoms with Gasteiger partial charge in [0.05, 0.1) is 13.0 Å². The molecule has 1 aromatic heterocycles. The van der Waals surface area contributed by atoms with Crippen molar-refractivity contribution in [2.45, 2.75) is 18.9 Å². The molecule has 6 heteroatoms. The molecule has 0 radical (unpaired) electrons. The average molecular weight is 261 g/mol. The Bertz CT molecular complexity index is 633. The highest BCUT2D eigenvalue weighted by Gasteiger charge is 2.30. The van der Waals surface area contributed by atoms with Crippen molar-refractivity contribution in [2.75, 3.05) is 6.61 Å². The Morgan fingerprint density at radius 3 is 3.05 bits per heavy atom. The number of benzene rings is 1.